The summed E-state index contributed by atoms with van der Waals surface area (Å²) in [5, 5.41) is 15.8. The van der Waals surface area contributed by atoms with Crippen LogP contribution in [0.2, 0.25) is 5.02 Å². The Morgan fingerprint density at radius 1 is 1.43 bits per heavy atom. The molecule has 6 nitrogen and oxygen atoms in total. The molecule has 23 heavy (non-hydrogen) atoms. The average Bonchev–Trinajstić information content (AvgIpc) is 2.61. The van der Waals surface area contributed by atoms with Gasteiger partial charge in [0.2, 0.25) is 0 Å². The van der Waals surface area contributed by atoms with E-state index in [1.54, 1.807) is 13.1 Å². The van der Waals surface area contributed by atoms with Crippen molar-refractivity contribution in [3.63, 3.8) is 0 Å². The summed E-state index contributed by atoms with van der Waals surface area (Å²) in [6.07, 6.45) is 2.00. The van der Waals surface area contributed by atoms with Gasteiger partial charge in [-0.1, -0.05) is 11.6 Å². The molecule has 2 atom stereocenters. The predicted molar refractivity (Wildman–Crippen MR) is 89.2 cm³/mol. The van der Waals surface area contributed by atoms with Crippen LogP contribution in [0.5, 0.6) is 5.75 Å². The summed E-state index contributed by atoms with van der Waals surface area (Å²) in [5.74, 6) is 0.207. The Balaban J connectivity index is 1.86. The first-order valence-electron chi connectivity index (χ1n) is 7.91. The van der Waals surface area contributed by atoms with Crippen molar-refractivity contribution in [3.05, 3.63) is 27.9 Å². The largest absolute Gasteiger partial charge is 0.626 e. The maximum atomic E-state index is 12.7. The summed E-state index contributed by atoms with van der Waals surface area (Å²) in [7, 11) is 3.22. The summed E-state index contributed by atoms with van der Waals surface area (Å²) < 4.78 is 5.28. The third kappa shape index (κ3) is 3.04. The number of anilines is 1. The van der Waals surface area contributed by atoms with Gasteiger partial charge in [0, 0.05) is 19.0 Å². The zero-order valence-corrected chi connectivity index (χ0v) is 14.2. The standard InChI is InChI=1S/C16H22ClN3O3/c1-18-13-8-15(23-2)11(7-12(13)17)16(21)20(22)14-9-19-5-3-10(14)4-6-19/h7-8,10,14,18,20H,3-6,9H2,1-2H3. The van der Waals surface area contributed by atoms with E-state index in [1.165, 1.54) is 13.2 Å². The molecule has 0 saturated carbocycles. The number of hydrogen-bond acceptors (Lipinski definition) is 5. The van der Waals surface area contributed by atoms with Crippen molar-refractivity contribution in [2.45, 2.75) is 18.9 Å². The van der Waals surface area contributed by atoms with Gasteiger partial charge < -0.3 is 20.3 Å². The van der Waals surface area contributed by atoms with Crippen molar-refractivity contribution < 1.29 is 14.6 Å². The van der Waals surface area contributed by atoms with E-state index in [-0.39, 0.29) is 16.7 Å². The molecule has 7 heteroatoms. The minimum atomic E-state index is -0.495. The lowest BCUT2D eigenvalue weighted by Gasteiger charge is -2.47. The molecule has 1 amide bonds. The summed E-state index contributed by atoms with van der Waals surface area (Å²) in [6, 6.07) is 2.98. The molecule has 2 bridgehead atoms. The predicted octanol–water partition coefficient (Wildman–Crippen LogP) is 1.01. The van der Waals surface area contributed by atoms with Crippen LogP contribution in [-0.4, -0.2) is 50.6 Å². The monoisotopic (exact) mass is 339 g/mol. The van der Waals surface area contributed by atoms with Gasteiger partial charge in [0.05, 0.1) is 24.4 Å². The van der Waals surface area contributed by atoms with Crippen LogP contribution >= 0.6 is 11.6 Å². The minimum Gasteiger partial charge on any atom is -0.626 e. The second-order valence-electron chi connectivity index (χ2n) is 6.22. The number of carbonyl (C=O) groups is 1. The fourth-order valence-electron chi connectivity index (χ4n) is 3.65. The molecule has 0 radical (unpaired) electrons. The second kappa shape index (κ2) is 6.65. The van der Waals surface area contributed by atoms with Crippen molar-refractivity contribution in [2.24, 2.45) is 5.92 Å². The number of ether oxygens (including phenoxy) is 1. The molecule has 126 valence electrons. The number of amides is 1. The quantitative estimate of drug-likeness (QED) is 0.801. The Labute approximate surface area is 140 Å². The van der Waals surface area contributed by atoms with Crippen LogP contribution < -0.4 is 15.1 Å². The van der Waals surface area contributed by atoms with Gasteiger partial charge in [-0.25, -0.2) is 4.79 Å². The third-order valence-corrected chi connectivity index (χ3v) is 5.33. The van der Waals surface area contributed by atoms with Gasteiger partial charge in [0.25, 0.3) is 0 Å². The van der Waals surface area contributed by atoms with Crippen LogP contribution in [0.4, 0.5) is 5.69 Å². The van der Waals surface area contributed by atoms with Crippen LogP contribution in [0.1, 0.15) is 23.2 Å². The molecule has 3 aliphatic rings. The normalized spacial score (nSPS) is 27.6. The highest BCUT2D eigenvalue weighted by molar-refractivity contribution is 6.33. The molecule has 4 rings (SSSR count). The van der Waals surface area contributed by atoms with E-state index in [9.17, 15) is 10.0 Å². The molecule has 0 spiro atoms. The molecular formula is C16H22ClN3O3. The number of methoxy groups -OCH3 is 1. The molecule has 2 unspecified atom stereocenters. The highest BCUT2D eigenvalue weighted by Crippen LogP contribution is 2.31. The number of hydrogen-bond donors (Lipinski definition) is 2. The molecular weight excluding hydrogens is 318 g/mol. The number of nitrogens with one attached hydrogen (secondary N) is 2. The highest BCUT2D eigenvalue weighted by atomic mass is 35.5. The summed E-state index contributed by atoms with van der Waals surface area (Å²) in [6.45, 7) is 2.77. The molecule has 1 aromatic rings. The van der Waals surface area contributed by atoms with E-state index in [0.29, 0.717) is 28.9 Å². The van der Waals surface area contributed by atoms with Gasteiger partial charge in [-0.3, -0.25) is 4.90 Å². The molecule has 1 aromatic carbocycles. The topological polar surface area (TPSA) is 69.1 Å². The Morgan fingerprint density at radius 2 is 2.13 bits per heavy atom. The van der Waals surface area contributed by atoms with Gasteiger partial charge in [0.1, 0.15) is 17.4 Å². The van der Waals surface area contributed by atoms with Crippen LogP contribution in [0.15, 0.2) is 12.1 Å². The van der Waals surface area contributed by atoms with Crippen molar-refractivity contribution >= 4 is 23.2 Å². The lowest BCUT2D eigenvalue weighted by molar-refractivity contribution is -0.796. The first-order valence-corrected chi connectivity index (χ1v) is 8.29. The van der Waals surface area contributed by atoms with E-state index >= 15 is 0 Å². The molecule has 0 aromatic heterocycles. The van der Waals surface area contributed by atoms with Crippen LogP contribution in [0.3, 0.4) is 0 Å². The van der Waals surface area contributed by atoms with Gasteiger partial charge in [-0.2, -0.15) is 0 Å². The van der Waals surface area contributed by atoms with E-state index in [1.807, 2.05) is 0 Å². The highest BCUT2D eigenvalue weighted by Gasteiger charge is 2.40. The number of fused-ring (bicyclic) bond motifs is 3. The number of carbonyl (C=O) groups excluding carboxylic acids is 1. The fraction of sp³-hybridized carbons (Fsp3) is 0.562. The summed E-state index contributed by atoms with van der Waals surface area (Å²) in [5.41, 5.74) is 0.910. The summed E-state index contributed by atoms with van der Waals surface area (Å²) >= 11 is 6.17. The fourth-order valence-corrected chi connectivity index (χ4v) is 3.91. The van der Waals surface area contributed by atoms with Gasteiger partial charge >= 0.3 is 5.91 Å². The van der Waals surface area contributed by atoms with Gasteiger partial charge in [-0.05, 0) is 32.0 Å². The van der Waals surface area contributed by atoms with Crippen LogP contribution in [0, 0.1) is 11.1 Å². The Bertz CT molecular complexity index is 602. The smallest absolute Gasteiger partial charge is 0.348 e. The molecule has 2 N–H and O–H groups in total. The lowest BCUT2D eigenvalue weighted by atomic mass is 9.83. The molecule has 3 fully saturated rings. The zero-order chi connectivity index (χ0) is 16.6. The molecule has 3 aliphatic heterocycles. The van der Waals surface area contributed by atoms with Crippen molar-refractivity contribution in [1.29, 1.82) is 0 Å². The van der Waals surface area contributed by atoms with E-state index in [4.69, 9.17) is 16.3 Å². The van der Waals surface area contributed by atoms with Crippen molar-refractivity contribution in [2.75, 3.05) is 39.1 Å². The SMILES string of the molecule is CNc1cc(OC)c(C(=O)[NH+]([O-])C2CN3CCC2CC3)cc1Cl. The van der Waals surface area contributed by atoms with Gasteiger partial charge in [-0.15, -0.1) is 0 Å². The maximum Gasteiger partial charge on any atom is 0.348 e. The minimum absolute atomic E-state index is 0.197. The molecule has 3 saturated heterocycles. The van der Waals surface area contributed by atoms with Crippen molar-refractivity contribution in [3.8, 4) is 5.75 Å². The van der Waals surface area contributed by atoms with E-state index < -0.39 is 5.91 Å². The Kier molecular flexibility index (Phi) is 4.77. The number of nitrogens with zero attached hydrogens (tertiary/aromatic N) is 1. The first kappa shape index (κ1) is 16.5. The number of piperidine rings is 3. The Hall–Kier alpha value is -1.34. The number of halogens is 1. The third-order valence-electron chi connectivity index (χ3n) is 5.02. The second-order valence-corrected chi connectivity index (χ2v) is 6.63. The van der Waals surface area contributed by atoms with Crippen molar-refractivity contribution in [1.82, 2.24) is 4.90 Å². The lowest BCUT2D eigenvalue weighted by Crippen LogP contribution is -3.16. The Morgan fingerprint density at radius 3 is 2.65 bits per heavy atom. The first-order chi connectivity index (χ1) is 11.0. The zero-order valence-electron chi connectivity index (χ0n) is 13.4. The number of benzene rings is 1. The molecule has 3 heterocycles. The molecule has 0 aliphatic carbocycles. The van der Waals surface area contributed by atoms with E-state index in [0.717, 1.165) is 25.9 Å². The van der Waals surface area contributed by atoms with E-state index in [2.05, 4.69) is 10.2 Å². The van der Waals surface area contributed by atoms with Gasteiger partial charge in [0.15, 0.2) is 0 Å². The maximum absolute atomic E-state index is 12.7. The average molecular weight is 340 g/mol. The van der Waals surface area contributed by atoms with Crippen LogP contribution in [0.25, 0.3) is 0 Å². The number of hydroxylamine groups is 2. The number of rotatable bonds is 4. The van der Waals surface area contributed by atoms with Crippen LogP contribution in [-0.2, 0) is 0 Å². The summed E-state index contributed by atoms with van der Waals surface area (Å²) in [4.78, 5) is 15.0. The number of quaternary nitrogens is 1.